The third-order valence-electron chi connectivity index (χ3n) is 5.02. The van der Waals surface area contributed by atoms with Gasteiger partial charge in [-0.2, -0.15) is 4.68 Å². The highest BCUT2D eigenvalue weighted by atomic mass is 19.1. The number of fused-ring (bicyclic) bond motifs is 1. The van der Waals surface area contributed by atoms with E-state index in [2.05, 4.69) is 10.4 Å². The van der Waals surface area contributed by atoms with Gasteiger partial charge in [-0.15, -0.1) is 0 Å². The number of aromatic nitrogens is 2. The molecule has 9 heteroatoms. The van der Waals surface area contributed by atoms with E-state index in [0.29, 0.717) is 22.2 Å². The molecule has 0 fully saturated rings. The monoisotopic (exact) mass is 449 g/mol. The molecule has 0 spiro atoms. The Kier molecular flexibility index (Phi) is 5.95. The van der Waals surface area contributed by atoms with Crippen molar-refractivity contribution in [3.63, 3.8) is 0 Å². The maximum Gasteiger partial charge on any atom is 0.280 e. The summed E-state index contributed by atoms with van der Waals surface area (Å²) in [5.74, 6) is -0.00578. The molecule has 0 saturated carbocycles. The minimum Gasteiger partial charge on any atom is -0.493 e. The highest BCUT2D eigenvalue weighted by molar-refractivity contribution is 6.01. The predicted octanol–water partition coefficient (Wildman–Crippen LogP) is 3.61. The van der Waals surface area contributed by atoms with Crippen molar-refractivity contribution in [3.05, 3.63) is 82.4 Å². The third kappa shape index (κ3) is 4.08. The SMILES string of the molecule is COc1cc(C(=O)Nn2c(-c3ccc(F)cc3)nc3ccccc3c2=O)cc(OC)c1OC. The highest BCUT2D eigenvalue weighted by Crippen LogP contribution is 2.38. The molecule has 0 aliphatic rings. The van der Waals surface area contributed by atoms with Crippen LogP contribution in [0.5, 0.6) is 17.2 Å². The molecule has 1 N–H and O–H groups in total. The zero-order valence-electron chi connectivity index (χ0n) is 18.1. The number of rotatable bonds is 6. The molecule has 1 amide bonds. The van der Waals surface area contributed by atoms with E-state index in [1.54, 1.807) is 24.3 Å². The van der Waals surface area contributed by atoms with E-state index in [-0.39, 0.29) is 22.9 Å². The van der Waals surface area contributed by atoms with Crippen LogP contribution < -0.4 is 25.2 Å². The van der Waals surface area contributed by atoms with Crippen LogP contribution in [0.3, 0.4) is 0 Å². The largest absolute Gasteiger partial charge is 0.493 e. The summed E-state index contributed by atoms with van der Waals surface area (Å²) in [6.07, 6.45) is 0. The molecule has 0 aliphatic carbocycles. The lowest BCUT2D eigenvalue weighted by Crippen LogP contribution is -2.35. The number of ether oxygens (including phenoxy) is 3. The Bertz CT molecular complexity index is 1370. The van der Waals surface area contributed by atoms with Crippen molar-refractivity contribution < 1.29 is 23.4 Å². The summed E-state index contributed by atoms with van der Waals surface area (Å²) in [5.41, 5.74) is 3.17. The Balaban J connectivity index is 1.85. The molecule has 0 radical (unpaired) electrons. The summed E-state index contributed by atoms with van der Waals surface area (Å²) in [6, 6.07) is 15.2. The Morgan fingerprint density at radius 3 is 2.18 bits per heavy atom. The molecule has 0 unspecified atom stereocenters. The average molecular weight is 449 g/mol. The van der Waals surface area contributed by atoms with Gasteiger partial charge in [-0.1, -0.05) is 12.1 Å². The first-order valence-corrected chi connectivity index (χ1v) is 9.86. The zero-order chi connectivity index (χ0) is 23.5. The molecule has 3 aromatic carbocycles. The summed E-state index contributed by atoms with van der Waals surface area (Å²) in [5, 5.41) is 0.313. The Labute approximate surface area is 188 Å². The number of nitrogens with zero attached hydrogens (tertiary/aromatic N) is 2. The van der Waals surface area contributed by atoms with Gasteiger partial charge >= 0.3 is 0 Å². The van der Waals surface area contributed by atoms with Crippen LogP contribution in [0.15, 0.2) is 65.5 Å². The average Bonchev–Trinajstić information content (AvgIpc) is 2.85. The molecule has 168 valence electrons. The quantitative estimate of drug-likeness (QED) is 0.484. The molecule has 0 aliphatic heterocycles. The van der Waals surface area contributed by atoms with Gasteiger partial charge in [0.25, 0.3) is 11.5 Å². The molecule has 8 nitrogen and oxygen atoms in total. The normalized spacial score (nSPS) is 10.7. The fraction of sp³-hybridized carbons (Fsp3) is 0.125. The molecule has 4 aromatic rings. The van der Waals surface area contributed by atoms with Crippen molar-refractivity contribution in [2.24, 2.45) is 0 Å². The molecule has 33 heavy (non-hydrogen) atoms. The number of halogens is 1. The van der Waals surface area contributed by atoms with Gasteiger partial charge in [-0.3, -0.25) is 15.0 Å². The van der Waals surface area contributed by atoms with Crippen LogP contribution in [0.25, 0.3) is 22.3 Å². The van der Waals surface area contributed by atoms with Crippen LogP contribution in [-0.4, -0.2) is 36.9 Å². The Morgan fingerprint density at radius 1 is 0.939 bits per heavy atom. The fourth-order valence-electron chi connectivity index (χ4n) is 3.41. The number of nitrogens with one attached hydrogen (secondary N) is 1. The van der Waals surface area contributed by atoms with Crippen LogP contribution in [0, 0.1) is 5.82 Å². The van der Waals surface area contributed by atoms with Crippen LogP contribution in [-0.2, 0) is 0 Å². The van der Waals surface area contributed by atoms with E-state index in [4.69, 9.17) is 14.2 Å². The van der Waals surface area contributed by atoms with Crippen molar-refractivity contribution >= 4 is 16.8 Å². The zero-order valence-corrected chi connectivity index (χ0v) is 18.1. The van der Waals surface area contributed by atoms with Crippen molar-refractivity contribution in [1.29, 1.82) is 0 Å². The molecule has 0 atom stereocenters. The maximum absolute atomic E-state index is 13.5. The van der Waals surface area contributed by atoms with Gasteiger partial charge in [0.2, 0.25) is 5.75 Å². The summed E-state index contributed by atoms with van der Waals surface area (Å²) < 4.78 is 30.4. The molecular weight excluding hydrogens is 429 g/mol. The van der Waals surface area contributed by atoms with Crippen molar-refractivity contribution in [1.82, 2.24) is 9.66 Å². The number of hydrogen-bond acceptors (Lipinski definition) is 6. The molecule has 4 rings (SSSR count). The second-order valence-corrected chi connectivity index (χ2v) is 6.95. The lowest BCUT2D eigenvalue weighted by atomic mass is 10.1. The first kappa shape index (κ1) is 21.8. The number of amides is 1. The topological polar surface area (TPSA) is 91.7 Å². The molecule has 0 saturated heterocycles. The van der Waals surface area contributed by atoms with E-state index >= 15 is 0 Å². The van der Waals surface area contributed by atoms with E-state index < -0.39 is 17.3 Å². The lowest BCUT2D eigenvalue weighted by molar-refractivity contribution is 0.101. The van der Waals surface area contributed by atoms with E-state index in [0.717, 1.165) is 4.68 Å². The summed E-state index contributed by atoms with van der Waals surface area (Å²) in [4.78, 5) is 31.0. The maximum atomic E-state index is 13.5. The number of benzene rings is 3. The van der Waals surface area contributed by atoms with Crippen LogP contribution in [0.4, 0.5) is 4.39 Å². The Morgan fingerprint density at radius 2 is 1.58 bits per heavy atom. The number of methoxy groups -OCH3 is 3. The molecule has 1 aromatic heterocycles. The molecule has 1 heterocycles. The van der Waals surface area contributed by atoms with Crippen LogP contribution in [0.1, 0.15) is 10.4 Å². The summed E-state index contributed by atoms with van der Waals surface area (Å²) in [7, 11) is 4.32. The van der Waals surface area contributed by atoms with Crippen molar-refractivity contribution in [3.8, 4) is 28.6 Å². The van der Waals surface area contributed by atoms with Gasteiger partial charge in [0, 0.05) is 11.1 Å². The number of carbonyl (C=O) groups excluding carboxylic acids is 1. The van der Waals surface area contributed by atoms with Crippen molar-refractivity contribution in [2.45, 2.75) is 0 Å². The van der Waals surface area contributed by atoms with Gasteiger partial charge in [0.05, 0.1) is 32.2 Å². The minimum atomic E-state index is -0.614. The highest BCUT2D eigenvalue weighted by Gasteiger charge is 2.20. The molecular formula is C24H20FN3O5. The van der Waals surface area contributed by atoms with Crippen LogP contribution >= 0.6 is 0 Å². The Hall–Kier alpha value is -4.40. The number of carbonyl (C=O) groups is 1. The minimum absolute atomic E-state index is 0.152. The smallest absolute Gasteiger partial charge is 0.280 e. The predicted molar refractivity (Wildman–Crippen MR) is 121 cm³/mol. The summed E-state index contributed by atoms with van der Waals surface area (Å²) >= 11 is 0. The van der Waals surface area contributed by atoms with Crippen LogP contribution in [0.2, 0.25) is 0 Å². The van der Waals surface area contributed by atoms with Gasteiger partial charge < -0.3 is 14.2 Å². The van der Waals surface area contributed by atoms with Gasteiger partial charge in [-0.25, -0.2) is 9.37 Å². The third-order valence-corrected chi connectivity index (χ3v) is 5.02. The van der Waals surface area contributed by atoms with Gasteiger partial charge in [0.15, 0.2) is 17.3 Å². The second-order valence-electron chi connectivity index (χ2n) is 6.95. The number of para-hydroxylation sites is 1. The standard InChI is InChI=1S/C24H20FN3O5/c1-31-19-12-15(13-20(32-2)21(19)33-3)23(29)27-28-22(14-8-10-16(25)11-9-14)26-18-7-5-4-6-17(18)24(28)30/h4-13H,1-3H3,(H,27,29). The summed E-state index contributed by atoms with van der Waals surface area (Å²) in [6.45, 7) is 0. The fourth-order valence-corrected chi connectivity index (χ4v) is 3.41. The first-order chi connectivity index (χ1) is 16.0. The number of hydrogen-bond donors (Lipinski definition) is 1. The van der Waals surface area contributed by atoms with Gasteiger partial charge in [-0.05, 0) is 48.5 Å². The molecule has 0 bridgehead atoms. The van der Waals surface area contributed by atoms with Gasteiger partial charge in [0.1, 0.15) is 5.82 Å². The lowest BCUT2D eigenvalue weighted by Gasteiger charge is -2.16. The van der Waals surface area contributed by atoms with Crippen molar-refractivity contribution in [2.75, 3.05) is 26.8 Å². The van der Waals surface area contributed by atoms with E-state index in [1.807, 2.05) is 0 Å². The first-order valence-electron chi connectivity index (χ1n) is 9.86. The second kappa shape index (κ2) is 8.99. The van der Waals surface area contributed by atoms with E-state index in [9.17, 15) is 14.0 Å². The van der Waals surface area contributed by atoms with E-state index in [1.165, 1.54) is 57.7 Å².